The molecule has 0 fully saturated rings. The van der Waals surface area contributed by atoms with Crippen LogP contribution in [0, 0.1) is 32.1 Å². The largest absolute Gasteiger partial charge is 0.326 e. The van der Waals surface area contributed by atoms with E-state index in [1.165, 1.54) is 6.20 Å². The van der Waals surface area contributed by atoms with Gasteiger partial charge < -0.3 is 5.32 Å². The highest BCUT2D eigenvalue weighted by Gasteiger charge is 2.14. The maximum absolute atomic E-state index is 12.2. The molecule has 0 aliphatic carbocycles. The molecule has 0 saturated carbocycles. The van der Waals surface area contributed by atoms with E-state index < -0.39 is 0 Å². The Morgan fingerprint density at radius 2 is 2.12 bits per heavy atom. The molecule has 25 heavy (non-hydrogen) atoms. The number of anilines is 1. The van der Waals surface area contributed by atoms with Gasteiger partial charge >= 0.3 is 0 Å². The Kier molecular flexibility index (Phi) is 4.48. The first-order valence-electron chi connectivity index (χ1n) is 8.10. The Hall–Kier alpha value is -3.20. The quantitative estimate of drug-likeness (QED) is 0.795. The molecule has 3 rings (SSSR count). The number of hydrogen-bond donors (Lipinski definition) is 1. The van der Waals surface area contributed by atoms with Gasteiger partial charge in [0.2, 0.25) is 5.91 Å². The molecular weight excluding hydrogens is 314 g/mol. The molecule has 3 aromatic rings. The number of nitrogens with zero attached hydrogens (tertiary/aromatic N) is 4. The Labute approximate surface area is 146 Å². The van der Waals surface area contributed by atoms with Crippen molar-refractivity contribution >= 4 is 17.2 Å². The van der Waals surface area contributed by atoms with Crippen LogP contribution >= 0.6 is 0 Å². The van der Waals surface area contributed by atoms with Gasteiger partial charge in [0.25, 0.3) is 0 Å². The molecule has 0 radical (unpaired) electrons. The number of hydrogen-bond acceptors (Lipinski definition) is 4. The standard InChI is InChI=1S/C19H19N5O/c1-12-5-4-6-16(9-12)23-18(25)8-7-17-13(2)22-19-15(10-20)11-21-24(19)14(17)3/h4-6,9,11H,7-8H2,1-3H3,(H,23,25). The average molecular weight is 333 g/mol. The fourth-order valence-electron chi connectivity index (χ4n) is 2.94. The highest BCUT2D eigenvalue weighted by atomic mass is 16.1. The smallest absolute Gasteiger partial charge is 0.224 e. The molecule has 6 nitrogen and oxygen atoms in total. The first-order valence-corrected chi connectivity index (χ1v) is 8.10. The maximum atomic E-state index is 12.2. The lowest BCUT2D eigenvalue weighted by Crippen LogP contribution is -2.14. The lowest BCUT2D eigenvalue weighted by molar-refractivity contribution is -0.116. The molecule has 0 atom stereocenters. The topological polar surface area (TPSA) is 83.1 Å². The summed E-state index contributed by atoms with van der Waals surface area (Å²) in [6.07, 6.45) is 2.44. The summed E-state index contributed by atoms with van der Waals surface area (Å²) in [6, 6.07) is 9.82. The van der Waals surface area contributed by atoms with Crippen LogP contribution in [0.3, 0.4) is 0 Å². The molecule has 2 heterocycles. The van der Waals surface area contributed by atoms with Crippen LogP contribution < -0.4 is 5.32 Å². The highest BCUT2D eigenvalue weighted by molar-refractivity contribution is 5.90. The van der Waals surface area contributed by atoms with Crippen LogP contribution in [-0.4, -0.2) is 20.5 Å². The van der Waals surface area contributed by atoms with Crippen molar-refractivity contribution in [2.45, 2.75) is 33.6 Å². The number of nitriles is 1. The van der Waals surface area contributed by atoms with E-state index in [1.54, 1.807) is 4.52 Å². The Bertz CT molecular complexity index is 997. The van der Waals surface area contributed by atoms with Gasteiger partial charge in [-0.3, -0.25) is 4.79 Å². The summed E-state index contributed by atoms with van der Waals surface area (Å²) < 4.78 is 1.67. The minimum absolute atomic E-state index is 0.0392. The number of carbonyl (C=O) groups excluding carboxylic acids is 1. The molecule has 126 valence electrons. The number of fused-ring (bicyclic) bond motifs is 1. The van der Waals surface area contributed by atoms with Crippen molar-refractivity contribution in [2.24, 2.45) is 0 Å². The van der Waals surface area contributed by atoms with Gasteiger partial charge in [-0.05, 0) is 50.5 Å². The Balaban J connectivity index is 1.77. The Morgan fingerprint density at radius 3 is 2.84 bits per heavy atom. The summed E-state index contributed by atoms with van der Waals surface area (Å²) in [6.45, 7) is 5.82. The monoisotopic (exact) mass is 333 g/mol. The van der Waals surface area contributed by atoms with Crippen LogP contribution in [-0.2, 0) is 11.2 Å². The van der Waals surface area contributed by atoms with E-state index in [9.17, 15) is 4.79 Å². The number of rotatable bonds is 4. The molecule has 1 aromatic carbocycles. The van der Waals surface area contributed by atoms with Crippen LogP contribution in [0.4, 0.5) is 5.69 Å². The number of nitrogens with one attached hydrogen (secondary N) is 1. The van der Waals surface area contributed by atoms with Gasteiger partial charge in [0.15, 0.2) is 5.65 Å². The van der Waals surface area contributed by atoms with Crippen molar-refractivity contribution in [1.82, 2.24) is 14.6 Å². The first-order chi connectivity index (χ1) is 12.0. The predicted molar refractivity (Wildman–Crippen MR) is 95.3 cm³/mol. The third kappa shape index (κ3) is 3.36. The SMILES string of the molecule is Cc1cccc(NC(=O)CCc2c(C)nc3c(C#N)cnn3c2C)c1. The second-order valence-corrected chi connectivity index (χ2v) is 6.08. The van der Waals surface area contributed by atoms with E-state index in [-0.39, 0.29) is 5.91 Å². The molecule has 0 unspecified atom stereocenters. The van der Waals surface area contributed by atoms with Crippen molar-refractivity contribution in [3.8, 4) is 6.07 Å². The van der Waals surface area contributed by atoms with Gasteiger partial charge in [0, 0.05) is 23.5 Å². The van der Waals surface area contributed by atoms with Crippen LogP contribution in [0.2, 0.25) is 0 Å². The molecular formula is C19H19N5O. The fourth-order valence-corrected chi connectivity index (χ4v) is 2.94. The number of aromatic nitrogens is 3. The van der Waals surface area contributed by atoms with Crippen molar-refractivity contribution in [3.05, 3.63) is 58.5 Å². The summed E-state index contributed by atoms with van der Waals surface area (Å²) in [5.41, 5.74) is 5.64. The summed E-state index contributed by atoms with van der Waals surface area (Å²) in [5, 5.41) is 16.3. The molecule has 1 N–H and O–H groups in total. The zero-order valence-corrected chi connectivity index (χ0v) is 14.5. The fraction of sp³-hybridized carbons (Fsp3) is 0.263. The summed E-state index contributed by atoms with van der Waals surface area (Å²) in [5.74, 6) is -0.0392. The highest BCUT2D eigenvalue weighted by Crippen LogP contribution is 2.18. The van der Waals surface area contributed by atoms with Crippen LogP contribution in [0.1, 0.15) is 34.5 Å². The lowest BCUT2D eigenvalue weighted by Gasteiger charge is -2.11. The molecule has 0 bridgehead atoms. The van der Waals surface area contributed by atoms with Gasteiger partial charge in [-0.15, -0.1) is 0 Å². The summed E-state index contributed by atoms with van der Waals surface area (Å²) in [4.78, 5) is 16.7. The normalized spacial score (nSPS) is 10.6. The molecule has 2 aromatic heterocycles. The third-order valence-corrected chi connectivity index (χ3v) is 4.23. The minimum Gasteiger partial charge on any atom is -0.326 e. The summed E-state index contributed by atoms with van der Waals surface area (Å²) in [7, 11) is 0. The lowest BCUT2D eigenvalue weighted by atomic mass is 10.1. The van der Waals surface area contributed by atoms with Crippen LogP contribution in [0.5, 0.6) is 0 Å². The number of benzene rings is 1. The zero-order valence-electron chi connectivity index (χ0n) is 14.5. The second kappa shape index (κ2) is 6.73. The number of amides is 1. The second-order valence-electron chi connectivity index (χ2n) is 6.08. The van der Waals surface area contributed by atoms with Crippen molar-refractivity contribution < 1.29 is 4.79 Å². The minimum atomic E-state index is -0.0392. The van der Waals surface area contributed by atoms with E-state index in [1.807, 2.05) is 45.0 Å². The molecule has 0 saturated heterocycles. The molecule has 1 amide bonds. The van der Waals surface area contributed by atoms with E-state index in [0.29, 0.717) is 24.1 Å². The van der Waals surface area contributed by atoms with Crippen LogP contribution in [0.15, 0.2) is 30.5 Å². The predicted octanol–water partition coefficient (Wildman–Crippen LogP) is 3.10. The third-order valence-electron chi connectivity index (χ3n) is 4.23. The van der Waals surface area contributed by atoms with E-state index >= 15 is 0 Å². The van der Waals surface area contributed by atoms with E-state index in [0.717, 1.165) is 28.2 Å². The molecule has 0 aliphatic heterocycles. The van der Waals surface area contributed by atoms with E-state index in [2.05, 4.69) is 21.5 Å². The van der Waals surface area contributed by atoms with Crippen molar-refractivity contribution in [1.29, 1.82) is 5.26 Å². The van der Waals surface area contributed by atoms with Gasteiger partial charge in [0.1, 0.15) is 11.6 Å². The zero-order chi connectivity index (χ0) is 18.0. The van der Waals surface area contributed by atoms with E-state index in [4.69, 9.17) is 5.26 Å². The molecule has 0 aliphatic rings. The summed E-state index contributed by atoms with van der Waals surface area (Å²) >= 11 is 0. The molecule has 6 heteroatoms. The van der Waals surface area contributed by atoms with Gasteiger partial charge in [-0.25, -0.2) is 9.50 Å². The van der Waals surface area contributed by atoms with Gasteiger partial charge in [-0.1, -0.05) is 12.1 Å². The van der Waals surface area contributed by atoms with Crippen molar-refractivity contribution in [2.75, 3.05) is 5.32 Å². The number of aryl methyl sites for hydroxylation is 3. The number of carbonyl (C=O) groups is 1. The van der Waals surface area contributed by atoms with Gasteiger partial charge in [0.05, 0.1) is 6.20 Å². The van der Waals surface area contributed by atoms with Gasteiger partial charge in [-0.2, -0.15) is 10.4 Å². The van der Waals surface area contributed by atoms with Crippen LogP contribution in [0.25, 0.3) is 5.65 Å². The molecule has 0 spiro atoms. The average Bonchev–Trinajstić information content (AvgIpc) is 2.97. The maximum Gasteiger partial charge on any atom is 0.224 e. The Morgan fingerprint density at radius 1 is 1.32 bits per heavy atom. The van der Waals surface area contributed by atoms with Crippen molar-refractivity contribution in [3.63, 3.8) is 0 Å². The first kappa shape index (κ1) is 16.7.